The van der Waals surface area contributed by atoms with Crippen LogP contribution < -0.4 is 5.32 Å². The first-order chi connectivity index (χ1) is 9.02. The molecule has 0 heterocycles. The summed E-state index contributed by atoms with van der Waals surface area (Å²) in [4.78, 5) is 22.5. The molecule has 1 rings (SSSR count). The molecular formula is C14H16ClNO3. The van der Waals surface area contributed by atoms with Gasteiger partial charge in [-0.05, 0) is 24.1 Å². The number of hydrogen-bond donors (Lipinski definition) is 2. The van der Waals surface area contributed by atoms with E-state index in [2.05, 4.69) is 11.9 Å². The maximum absolute atomic E-state index is 11.7. The Morgan fingerprint density at radius 2 is 2.00 bits per heavy atom. The lowest BCUT2D eigenvalue weighted by Crippen LogP contribution is -2.29. The Labute approximate surface area is 117 Å². The Balaban J connectivity index is 2.76. The third-order valence-electron chi connectivity index (χ3n) is 2.56. The number of nitrogens with one attached hydrogen (secondary N) is 1. The highest BCUT2D eigenvalue weighted by molar-refractivity contribution is 6.30. The van der Waals surface area contributed by atoms with Gasteiger partial charge in [-0.3, -0.25) is 9.59 Å². The van der Waals surface area contributed by atoms with E-state index in [0.717, 1.165) is 5.56 Å². The lowest BCUT2D eigenvalue weighted by molar-refractivity contribution is -0.137. The molecule has 0 fully saturated rings. The van der Waals surface area contributed by atoms with Gasteiger partial charge in [0.05, 0.1) is 12.5 Å². The third-order valence-corrected chi connectivity index (χ3v) is 2.81. The second-order valence-electron chi connectivity index (χ2n) is 4.10. The highest BCUT2D eigenvalue weighted by Crippen LogP contribution is 2.19. The third kappa shape index (κ3) is 5.57. The van der Waals surface area contributed by atoms with Crippen LogP contribution >= 0.6 is 11.6 Å². The van der Waals surface area contributed by atoms with Gasteiger partial charge in [0.1, 0.15) is 0 Å². The summed E-state index contributed by atoms with van der Waals surface area (Å²) < 4.78 is 0. The van der Waals surface area contributed by atoms with Crippen LogP contribution in [-0.2, 0) is 9.59 Å². The summed E-state index contributed by atoms with van der Waals surface area (Å²) >= 11 is 5.78. The molecule has 0 aromatic heterocycles. The SMILES string of the molecule is C=CCCC(=O)N[C@@H](CC(=O)O)c1ccc(Cl)cc1. The molecule has 0 aliphatic carbocycles. The molecule has 1 amide bonds. The normalized spacial score (nSPS) is 11.6. The van der Waals surface area contributed by atoms with Gasteiger partial charge < -0.3 is 10.4 Å². The summed E-state index contributed by atoms with van der Waals surface area (Å²) in [5, 5.41) is 12.2. The number of hydrogen-bond acceptors (Lipinski definition) is 2. The van der Waals surface area contributed by atoms with Crippen molar-refractivity contribution in [2.75, 3.05) is 0 Å². The van der Waals surface area contributed by atoms with E-state index < -0.39 is 12.0 Å². The van der Waals surface area contributed by atoms with Crippen molar-refractivity contribution in [2.45, 2.75) is 25.3 Å². The van der Waals surface area contributed by atoms with Crippen LogP contribution in [0.3, 0.4) is 0 Å². The molecule has 0 aliphatic heterocycles. The minimum absolute atomic E-state index is 0.165. The number of aliphatic carboxylic acids is 1. The van der Waals surface area contributed by atoms with Crippen LogP contribution in [0, 0.1) is 0 Å². The summed E-state index contributed by atoms with van der Waals surface area (Å²) in [6, 6.07) is 6.21. The van der Waals surface area contributed by atoms with E-state index in [1.54, 1.807) is 30.3 Å². The number of rotatable bonds is 7. The number of carbonyl (C=O) groups excluding carboxylic acids is 1. The molecule has 102 valence electrons. The molecule has 0 aliphatic rings. The molecular weight excluding hydrogens is 266 g/mol. The summed E-state index contributed by atoms with van der Waals surface area (Å²) in [5.41, 5.74) is 0.721. The standard InChI is InChI=1S/C14H16ClNO3/c1-2-3-4-13(17)16-12(9-14(18)19)10-5-7-11(15)8-6-10/h2,5-8,12H,1,3-4,9H2,(H,16,17)(H,18,19)/t12-/m0/s1. The van der Waals surface area contributed by atoms with Gasteiger partial charge >= 0.3 is 5.97 Å². The van der Waals surface area contributed by atoms with Gasteiger partial charge in [-0.25, -0.2) is 0 Å². The Hall–Kier alpha value is -1.81. The second-order valence-corrected chi connectivity index (χ2v) is 4.53. The predicted molar refractivity (Wildman–Crippen MR) is 74.0 cm³/mol. The number of allylic oxidation sites excluding steroid dienone is 1. The molecule has 1 aromatic carbocycles. The minimum atomic E-state index is -0.969. The number of benzene rings is 1. The van der Waals surface area contributed by atoms with Crippen LogP contribution in [0.2, 0.25) is 5.02 Å². The largest absolute Gasteiger partial charge is 0.481 e. The van der Waals surface area contributed by atoms with E-state index in [-0.39, 0.29) is 12.3 Å². The first-order valence-electron chi connectivity index (χ1n) is 5.90. The average molecular weight is 282 g/mol. The topological polar surface area (TPSA) is 66.4 Å². The van der Waals surface area contributed by atoms with Gasteiger partial charge in [-0.15, -0.1) is 6.58 Å². The van der Waals surface area contributed by atoms with Gasteiger partial charge in [0.2, 0.25) is 5.91 Å². The fourth-order valence-corrected chi connectivity index (χ4v) is 1.75. The molecule has 0 radical (unpaired) electrons. The highest BCUT2D eigenvalue weighted by atomic mass is 35.5. The Morgan fingerprint density at radius 3 is 2.53 bits per heavy atom. The maximum Gasteiger partial charge on any atom is 0.305 e. The van der Waals surface area contributed by atoms with Crippen LogP contribution in [0.5, 0.6) is 0 Å². The van der Waals surface area contributed by atoms with Crippen molar-refractivity contribution in [1.82, 2.24) is 5.32 Å². The zero-order valence-corrected chi connectivity index (χ0v) is 11.2. The van der Waals surface area contributed by atoms with Gasteiger partial charge in [0.15, 0.2) is 0 Å². The minimum Gasteiger partial charge on any atom is -0.481 e. The van der Waals surface area contributed by atoms with Crippen molar-refractivity contribution < 1.29 is 14.7 Å². The van der Waals surface area contributed by atoms with Crippen molar-refractivity contribution >= 4 is 23.5 Å². The monoisotopic (exact) mass is 281 g/mol. The molecule has 4 nitrogen and oxygen atoms in total. The average Bonchev–Trinajstić information content (AvgIpc) is 2.36. The van der Waals surface area contributed by atoms with Crippen LogP contribution in [0.25, 0.3) is 0 Å². The van der Waals surface area contributed by atoms with Crippen molar-refractivity contribution in [1.29, 1.82) is 0 Å². The number of carboxylic acid groups (broad SMARTS) is 1. The van der Waals surface area contributed by atoms with Crippen LogP contribution in [-0.4, -0.2) is 17.0 Å². The zero-order chi connectivity index (χ0) is 14.3. The first-order valence-corrected chi connectivity index (χ1v) is 6.28. The number of halogens is 1. The van der Waals surface area contributed by atoms with Crippen molar-refractivity contribution in [2.24, 2.45) is 0 Å². The first kappa shape index (κ1) is 15.2. The maximum atomic E-state index is 11.7. The molecule has 0 spiro atoms. The molecule has 0 bridgehead atoms. The smallest absolute Gasteiger partial charge is 0.305 e. The number of carboxylic acids is 1. The Kier molecular flexibility index (Phi) is 6.09. The Bertz CT molecular complexity index is 456. The molecule has 0 saturated heterocycles. The molecule has 1 aromatic rings. The van der Waals surface area contributed by atoms with Crippen molar-refractivity contribution in [3.63, 3.8) is 0 Å². The van der Waals surface area contributed by atoms with E-state index in [1.807, 2.05) is 0 Å². The van der Waals surface area contributed by atoms with Gasteiger partial charge in [0.25, 0.3) is 0 Å². The van der Waals surface area contributed by atoms with E-state index in [4.69, 9.17) is 16.7 Å². The van der Waals surface area contributed by atoms with Crippen molar-refractivity contribution in [3.8, 4) is 0 Å². The summed E-state index contributed by atoms with van der Waals surface area (Å²) in [5.74, 6) is -1.16. The molecule has 0 unspecified atom stereocenters. The van der Waals surface area contributed by atoms with Crippen LogP contribution in [0.15, 0.2) is 36.9 Å². The van der Waals surface area contributed by atoms with Crippen LogP contribution in [0.4, 0.5) is 0 Å². The fraction of sp³-hybridized carbons (Fsp3) is 0.286. The van der Waals surface area contributed by atoms with Gasteiger partial charge in [0, 0.05) is 11.4 Å². The van der Waals surface area contributed by atoms with Gasteiger partial charge in [-0.2, -0.15) is 0 Å². The van der Waals surface area contributed by atoms with Crippen molar-refractivity contribution in [3.05, 3.63) is 47.5 Å². The molecule has 1 atom stereocenters. The summed E-state index contributed by atoms with van der Waals surface area (Å²) in [6.45, 7) is 3.54. The molecule has 2 N–H and O–H groups in total. The molecule has 0 saturated carbocycles. The van der Waals surface area contributed by atoms with E-state index in [0.29, 0.717) is 17.9 Å². The molecule has 5 heteroatoms. The lowest BCUT2D eigenvalue weighted by atomic mass is 10.0. The quantitative estimate of drug-likeness (QED) is 0.755. The highest BCUT2D eigenvalue weighted by Gasteiger charge is 2.17. The number of amides is 1. The summed E-state index contributed by atoms with van der Waals surface area (Å²) in [6.07, 6.45) is 2.34. The second kappa shape index (κ2) is 7.59. The number of carbonyl (C=O) groups is 2. The Morgan fingerprint density at radius 1 is 1.37 bits per heavy atom. The van der Waals surface area contributed by atoms with E-state index >= 15 is 0 Å². The summed E-state index contributed by atoms with van der Waals surface area (Å²) in [7, 11) is 0. The lowest BCUT2D eigenvalue weighted by Gasteiger charge is -2.17. The zero-order valence-electron chi connectivity index (χ0n) is 10.4. The van der Waals surface area contributed by atoms with E-state index in [9.17, 15) is 9.59 Å². The molecule has 19 heavy (non-hydrogen) atoms. The fourth-order valence-electron chi connectivity index (χ4n) is 1.62. The van der Waals surface area contributed by atoms with E-state index in [1.165, 1.54) is 0 Å². The predicted octanol–water partition coefficient (Wildman–Crippen LogP) is 2.94. The van der Waals surface area contributed by atoms with Crippen LogP contribution in [0.1, 0.15) is 30.9 Å². The van der Waals surface area contributed by atoms with Gasteiger partial charge in [-0.1, -0.05) is 29.8 Å².